The van der Waals surface area contributed by atoms with Crippen molar-refractivity contribution in [2.75, 3.05) is 118 Å². The smallest absolute Gasteiger partial charge is 0.349 e. The fourth-order valence-electron chi connectivity index (χ4n) is 18.6. The molecule has 0 radical (unpaired) electrons. The van der Waals surface area contributed by atoms with Gasteiger partial charge in [0.2, 0.25) is 23.6 Å². The molecule has 4 atom stereocenters. The lowest BCUT2D eigenvalue weighted by Crippen LogP contribution is -2.54. The molecule has 10 aromatic heterocycles. The number of fused-ring (bicyclic) bond motifs is 10. The molecule has 5 aliphatic rings. The second-order valence-electron chi connectivity index (χ2n) is 36.0. The molecule has 5 saturated heterocycles. The monoisotopic (exact) mass is 1860 g/mol. The number of likely N-dealkylation sites (N-methyl/N-ethyl adjacent to an activating group) is 1. The Bertz CT molecular complexity index is 7980. The number of ether oxygens (including phenoxy) is 1. The number of hydrogen-bond donors (Lipinski definition) is 4. The summed E-state index contributed by atoms with van der Waals surface area (Å²) in [5.74, 6) is 1.85. The molecule has 30 heteroatoms. The van der Waals surface area contributed by atoms with E-state index in [0.717, 1.165) is 187 Å². The van der Waals surface area contributed by atoms with Gasteiger partial charge in [-0.2, -0.15) is 0 Å². The Morgan fingerprint density at radius 3 is 1.11 bits per heavy atom. The highest BCUT2D eigenvalue weighted by molar-refractivity contribution is 7.21. The van der Waals surface area contributed by atoms with Gasteiger partial charge in [0, 0.05) is 183 Å². The summed E-state index contributed by atoms with van der Waals surface area (Å²) >= 11 is 1.51. The number of hydrogen-bond acceptors (Lipinski definition) is 30. The second kappa shape index (κ2) is 38.5. The standard InChI is InChI=1S/2C22H21N3O3.C22H21N3O2S.C21H19N3O3.C21H18N2O4/c1-14-4-3-5-18-20(14)23-21(27-18)17-12-15-6-7-16(13-19(15)28-22(17)26)25-10-8-24(2)9-11-25;1-13-11-25(12-14(2)23-13)16-8-7-15-9-17(22(26)28-20(15)10-16)21-24-18-5-3-4-6-19(18)27-21;1-13-11-25(12-14(2)23-13)16-8-7-15-9-17(22(26)27-19(15)10-16)21-24-18-5-3-4-6-20(18)28-21;1-13-3-2-4-17-19(13)23-20(26-17)16-11-14-5-6-15(12-18(14)27-21(16)25)24-9-7-22-8-10-24;24-21-16(20-23-17-3-1-2-4-18(17)26-20)11-13-5-6-15(12-19(13)27-21)25-14-7-9-22-10-8-14/h3-7,12-13H,8-11H2,1-2H3;2*3-10,13-14,23H,11-12H2,1-2H3;2-6,11-12,22H,7-10H2,1H3;1-6,11-12,14,22H,7-10H2/t;2*13-,14+;;. The van der Waals surface area contributed by atoms with Crippen LogP contribution in [0.15, 0.2) is 294 Å². The Hall–Kier alpha value is -15.2. The summed E-state index contributed by atoms with van der Waals surface area (Å²) in [7, 11) is 2.13. The van der Waals surface area contributed by atoms with Crippen molar-refractivity contribution < 1.29 is 44.5 Å². The van der Waals surface area contributed by atoms with Crippen LogP contribution in [0.5, 0.6) is 5.75 Å². The van der Waals surface area contributed by atoms with Gasteiger partial charge in [0.05, 0.1) is 15.8 Å². The molecule has 29 nitrogen and oxygen atoms in total. The van der Waals surface area contributed by atoms with Gasteiger partial charge < -0.3 is 90.3 Å². The van der Waals surface area contributed by atoms with Crippen molar-refractivity contribution in [1.82, 2.24) is 51.1 Å². The Labute approximate surface area is 793 Å². The van der Waals surface area contributed by atoms with Gasteiger partial charge in [0.15, 0.2) is 22.3 Å². The van der Waals surface area contributed by atoms with Crippen molar-refractivity contribution in [1.29, 1.82) is 0 Å². The predicted molar refractivity (Wildman–Crippen MR) is 542 cm³/mol. The lowest BCUT2D eigenvalue weighted by Gasteiger charge is -2.37. The first kappa shape index (κ1) is 89.4. The Morgan fingerprint density at radius 1 is 0.326 bits per heavy atom. The average molecular weight is 1870 g/mol. The van der Waals surface area contributed by atoms with Crippen LogP contribution in [0.4, 0.5) is 22.7 Å². The predicted octanol–water partition coefficient (Wildman–Crippen LogP) is 18.8. The topological polar surface area (TPSA) is 342 Å². The summed E-state index contributed by atoms with van der Waals surface area (Å²) in [5.41, 5.74) is 15.3. The zero-order valence-electron chi connectivity index (χ0n) is 77.1. The summed E-state index contributed by atoms with van der Waals surface area (Å²) < 4.78 is 58.2. The van der Waals surface area contributed by atoms with Crippen LogP contribution >= 0.6 is 11.3 Å². The van der Waals surface area contributed by atoms with Crippen LogP contribution < -0.4 is 73.7 Å². The van der Waals surface area contributed by atoms with E-state index < -0.39 is 22.5 Å². The number of aromatic nitrogens is 5. The molecule has 0 unspecified atom stereocenters. The van der Waals surface area contributed by atoms with E-state index in [2.05, 4.69) is 130 Å². The maximum atomic E-state index is 12.7. The van der Waals surface area contributed by atoms with Gasteiger partial charge in [-0.15, -0.1) is 11.3 Å². The van der Waals surface area contributed by atoms with Gasteiger partial charge in [-0.1, -0.05) is 60.7 Å². The van der Waals surface area contributed by atoms with E-state index in [1.165, 1.54) is 11.3 Å². The summed E-state index contributed by atoms with van der Waals surface area (Å²) in [6, 6.07) is 74.6. The van der Waals surface area contributed by atoms with Crippen molar-refractivity contribution in [3.63, 3.8) is 0 Å². The molecule has 138 heavy (non-hydrogen) atoms. The maximum absolute atomic E-state index is 12.7. The van der Waals surface area contributed by atoms with Gasteiger partial charge in [-0.05, 0) is 225 Å². The number of anilines is 4. The molecular weight excluding hydrogens is 1770 g/mol. The minimum Gasteiger partial charge on any atom is -0.490 e. The van der Waals surface area contributed by atoms with Gasteiger partial charge >= 0.3 is 28.1 Å². The highest BCUT2D eigenvalue weighted by atomic mass is 32.1. The number of nitrogens with zero attached hydrogens (tertiary/aromatic N) is 10. The van der Waals surface area contributed by atoms with Crippen LogP contribution in [0.1, 0.15) is 51.7 Å². The lowest BCUT2D eigenvalue weighted by atomic mass is 10.1. The zero-order valence-corrected chi connectivity index (χ0v) is 78.0. The summed E-state index contributed by atoms with van der Waals surface area (Å²) in [5, 5.41) is 18.7. The van der Waals surface area contributed by atoms with E-state index in [1.54, 1.807) is 30.3 Å². The number of aryl methyl sites for hydroxylation is 2. The molecule has 698 valence electrons. The van der Waals surface area contributed by atoms with Gasteiger partial charge in [-0.25, -0.2) is 48.9 Å². The molecule has 0 saturated carbocycles. The quantitative estimate of drug-likeness (QED) is 0.0874. The minimum absolute atomic E-state index is 0.189. The summed E-state index contributed by atoms with van der Waals surface area (Å²) in [4.78, 5) is 97.0. The van der Waals surface area contributed by atoms with Crippen molar-refractivity contribution in [3.8, 4) is 62.1 Å². The number of thiazole rings is 1. The second-order valence-corrected chi connectivity index (χ2v) is 37.0. The van der Waals surface area contributed by atoms with E-state index in [0.29, 0.717) is 136 Å². The van der Waals surface area contributed by atoms with E-state index in [4.69, 9.17) is 44.5 Å². The van der Waals surface area contributed by atoms with E-state index in [-0.39, 0.29) is 23.5 Å². The number of para-hydroxylation sites is 7. The number of piperidine rings is 1. The third kappa shape index (κ3) is 19.2. The molecule has 0 bridgehead atoms. The molecule has 5 fully saturated rings. The first-order valence-electron chi connectivity index (χ1n) is 46.7. The Kier molecular flexibility index (Phi) is 25.0. The molecule has 20 aromatic rings. The van der Waals surface area contributed by atoms with Gasteiger partial charge in [-0.3, -0.25) is 0 Å². The fraction of sp³-hybridized carbons (Fsp3) is 0.259. The van der Waals surface area contributed by atoms with Gasteiger partial charge in [0.25, 0.3) is 0 Å². The SMILES string of the molecule is C[C@@H]1CN(c2ccc3cc(-c4nc5ccccc5o4)c(=O)oc3c2)C[C@H](C)N1.C[C@@H]1CN(c2ccc3cc(-c4nc5ccccc5s4)c(=O)oc3c2)C[C@H](C)N1.Cc1cccc2oc(-c3cc4ccc(N5CCN(C)CC5)cc4oc3=O)nc12.Cc1cccc2oc(-c3cc4ccc(N5CCNCC5)cc4oc3=O)nc12.O=c1oc2cc(OC3CCNCC3)ccc2cc1-c1nc2ccccc2o1. The number of nitrogens with one attached hydrogen (secondary N) is 4. The molecule has 0 aliphatic carbocycles. The number of rotatable bonds is 11. The summed E-state index contributed by atoms with van der Waals surface area (Å²) in [6.07, 6.45) is 2.13. The van der Waals surface area contributed by atoms with Crippen LogP contribution in [0, 0.1) is 13.8 Å². The number of piperazine rings is 4. The Balaban J connectivity index is 0.000000103. The number of benzene rings is 10. The molecule has 25 rings (SSSR count). The third-order valence-corrected chi connectivity index (χ3v) is 26.7. The first-order valence-corrected chi connectivity index (χ1v) is 47.5. The van der Waals surface area contributed by atoms with Crippen LogP contribution in [0.2, 0.25) is 0 Å². The van der Waals surface area contributed by atoms with E-state index in [9.17, 15) is 24.0 Å². The Morgan fingerprint density at radius 2 is 0.681 bits per heavy atom. The maximum Gasteiger partial charge on any atom is 0.349 e. The minimum atomic E-state index is -0.479. The van der Waals surface area contributed by atoms with Crippen LogP contribution in [-0.2, 0) is 0 Å². The van der Waals surface area contributed by atoms with Crippen LogP contribution in [0.3, 0.4) is 0 Å². The van der Waals surface area contributed by atoms with Crippen molar-refractivity contribution in [2.24, 2.45) is 0 Å². The summed E-state index contributed by atoms with van der Waals surface area (Å²) in [6.45, 7) is 26.1. The van der Waals surface area contributed by atoms with Crippen molar-refractivity contribution in [3.05, 3.63) is 294 Å². The first-order chi connectivity index (χ1) is 67.2. The molecule has 15 heterocycles. The molecular formula is C108H100N14O15S. The van der Waals surface area contributed by atoms with Gasteiger partial charge in [0.1, 0.15) is 89.1 Å². The zero-order chi connectivity index (χ0) is 94.3. The third-order valence-electron chi connectivity index (χ3n) is 25.6. The van der Waals surface area contributed by atoms with Crippen molar-refractivity contribution in [2.45, 2.75) is 84.7 Å². The van der Waals surface area contributed by atoms with Crippen LogP contribution in [-0.4, -0.2) is 159 Å². The highest BCUT2D eigenvalue weighted by Crippen LogP contribution is 2.37. The largest absolute Gasteiger partial charge is 0.490 e. The number of oxazole rings is 4. The molecule has 10 aromatic carbocycles. The van der Waals surface area contributed by atoms with E-state index in [1.807, 2.05) is 190 Å². The normalized spacial score (nSPS) is 17.3. The van der Waals surface area contributed by atoms with E-state index >= 15 is 0 Å². The molecule has 0 spiro atoms. The highest BCUT2D eigenvalue weighted by Gasteiger charge is 2.28. The van der Waals surface area contributed by atoms with Crippen LogP contribution in [0.25, 0.3) is 166 Å². The molecule has 0 amide bonds. The molecule has 4 N–H and O–H groups in total. The fourth-order valence-corrected chi connectivity index (χ4v) is 19.6. The average Bonchev–Trinajstić information content (AvgIpc) is 1.02. The lowest BCUT2D eigenvalue weighted by molar-refractivity contribution is 0.162. The molecule has 5 aliphatic heterocycles. The van der Waals surface area contributed by atoms with Crippen molar-refractivity contribution >= 4 is 144 Å².